The summed E-state index contributed by atoms with van der Waals surface area (Å²) >= 11 is 5.84. The van der Waals surface area contributed by atoms with Gasteiger partial charge >= 0.3 is 5.97 Å². The fourth-order valence-electron chi connectivity index (χ4n) is 3.97. The summed E-state index contributed by atoms with van der Waals surface area (Å²) in [5, 5.41) is 3.18. The molecule has 2 aliphatic rings. The van der Waals surface area contributed by atoms with Crippen molar-refractivity contribution in [2.24, 2.45) is 17.8 Å². The van der Waals surface area contributed by atoms with Crippen molar-refractivity contribution in [1.29, 1.82) is 0 Å². The number of benzene rings is 1. The van der Waals surface area contributed by atoms with Crippen LogP contribution in [0.25, 0.3) is 0 Å². The molecule has 0 aromatic heterocycles. The topological polar surface area (TPSA) is 92.8 Å². The van der Waals surface area contributed by atoms with Crippen LogP contribution >= 0.6 is 11.6 Å². The molecule has 1 fully saturated rings. The van der Waals surface area contributed by atoms with Crippen LogP contribution in [0.5, 0.6) is 0 Å². The monoisotopic (exact) mass is 446 g/mol. The number of rotatable bonds is 7. The van der Waals surface area contributed by atoms with Crippen molar-refractivity contribution in [2.45, 2.75) is 52.2 Å². The van der Waals surface area contributed by atoms with Gasteiger partial charge in [0.1, 0.15) is 6.04 Å². The lowest BCUT2D eigenvalue weighted by Gasteiger charge is -2.27. The number of imide groups is 1. The molecule has 4 atom stereocenters. The highest BCUT2D eigenvalue weighted by Gasteiger charge is 2.51. The molecule has 1 aliphatic carbocycles. The van der Waals surface area contributed by atoms with Crippen molar-refractivity contribution in [3.8, 4) is 0 Å². The van der Waals surface area contributed by atoms with Crippen LogP contribution in [0.2, 0.25) is 5.02 Å². The van der Waals surface area contributed by atoms with E-state index in [-0.39, 0.29) is 24.2 Å². The number of anilines is 1. The number of carbonyl (C=O) groups excluding carboxylic acids is 4. The second-order valence-corrected chi connectivity index (χ2v) is 8.86. The first-order valence-corrected chi connectivity index (χ1v) is 10.9. The van der Waals surface area contributed by atoms with Gasteiger partial charge in [-0.3, -0.25) is 19.3 Å². The number of hydrogen-bond acceptors (Lipinski definition) is 5. The van der Waals surface area contributed by atoms with Gasteiger partial charge in [0.05, 0.1) is 11.8 Å². The van der Waals surface area contributed by atoms with E-state index in [1.54, 1.807) is 24.3 Å². The summed E-state index contributed by atoms with van der Waals surface area (Å²) in [6.45, 7) is 5.25. The molecule has 8 heteroatoms. The molecule has 3 amide bonds. The molecule has 0 bridgehead atoms. The molecule has 31 heavy (non-hydrogen) atoms. The predicted molar refractivity (Wildman–Crippen MR) is 116 cm³/mol. The summed E-state index contributed by atoms with van der Waals surface area (Å²) in [5.41, 5.74) is 0.512. The number of amides is 3. The van der Waals surface area contributed by atoms with E-state index in [2.05, 4.69) is 5.32 Å². The smallest absolute Gasteiger partial charge is 0.330 e. The van der Waals surface area contributed by atoms with Gasteiger partial charge in [-0.05, 0) is 56.4 Å². The first kappa shape index (κ1) is 23.0. The minimum Gasteiger partial charge on any atom is -0.451 e. The van der Waals surface area contributed by atoms with E-state index in [1.807, 2.05) is 26.0 Å². The lowest BCUT2D eigenvalue weighted by molar-refractivity contribution is -0.164. The van der Waals surface area contributed by atoms with Gasteiger partial charge in [0, 0.05) is 10.7 Å². The lowest BCUT2D eigenvalue weighted by Crippen LogP contribution is -2.48. The quantitative estimate of drug-likeness (QED) is 0.392. The van der Waals surface area contributed by atoms with Crippen LogP contribution < -0.4 is 5.32 Å². The van der Waals surface area contributed by atoms with Crippen LogP contribution in [0.4, 0.5) is 5.69 Å². The van der Waals surface area contributed by atoms with Crippen LogP contribution in [-0.4, -0.2) is 40.7 Å². The van der Waals surface area contributed by atoms with E-state index in [9.17, 15) is 19.2 Å². The molecule has 3 rings (SSSR count). The Kier molecular flexibility index (Phi) is 7.15. The summed E-state index contributed by atoms with van der Waals surface area (Å²) in [4.78, 5) is 52.4. The number of allylic oxidation sites excluding steroid dienone is 2. The van der Waals surface area contributed by atoms with E-state index in [4.69, 9.17) is 16.3 Å². The number of halogens is 1. The van der Waals surface area contributed by atoms with Crippen molar-refractivity contribution in [3.05, 3.63) is 41.4 Å². The first-order chi connectivity index (χ1) is 14.7. The van der Waals surface area contributed by atoms with Crippen molar-refractivity contribution in [1.82, 2.24) is 4.90 Å². The predicted octanol–water partition coefficient (Wildman–Crippen LogP) is 3.58. The second kappa shape index (κ2) is 9.64. The molecule has 1 heterocycles. The van der Waals surface area contributed by atoms with E-state index in [1.165, 1.54) is 6.92 Å². The minimum absolute atomic E-state index is 0.0390. The Labute approximate surface area is 186 Å². The van der Waals surface area contributed by atoms with Crippen LogP contribution in [0.1, 0.15) is 40.0 Å². The fourth-order valence-corrected chi connectivity index (χ4v) is 4.10. The Bertz CT molecular complexity index is 870. The van der Waals surface area contributed by atoms with Gasteiger partial charge < -0.3 is 10.1 Å². The third-order valence-corrected chi connectivity index (χ3v) is 5.85. The number of ether oxygens (including phenoxy) is 1. The fraction of sp³-hybridized carbons (Fsp3) is 0.478. The number of likely N-dealkylation sites (tertiary alicyclic amines) is 1. The van der Waals surface area contributed by atoms with Crippen LogP contribution in [0, 0.1) is 17.8 Å². The average Bonchev–Trinajstić information content (AvgIpc) is 2.98. The summed E-state index contributed by atoms with van der Waals surface area (Å²) in [6, 6.07) is 5.48. The van der Waals surface area contributed by atoms with Gasteiger partial charge in [0.25, 0.3) is 5.91 Å². The SMILES string of the molecule is CC(C)CC(C(=O)OC(C)C(=O)Nc1ccc(Cl)cc1)N1C(=O)C2CC=CCC2C1=O. The van der Waals surface area contributed by atoms with Crippen molar-refractivity contribution in [2.75, 3.05) is 5.32 Å². The molecule has 1 aliphatic heterocycles. The van der Waals surface area contributed by atoms with Crippen LogP contribution in [-0.2, 0) is 23.9 Å². The Morgan fingerprint density at radius 1 is 1.06 bits per heavy atom. The van der Waals surface area contributed by atoms with Crippen molar-refractivity contribution >= 4 is 41.0 Å². The minimum atomic E-state index is -1.10. The zero-order valence-corrected chi connectivity index (χ0v) is 18.6. The number of esters is 1. The van der Waals surface area contributed by atoms with Gasteiger partial charge in [-0.15, -0.1) is 0 Å². The first-order valence-electron chi connectivity index (χ1n) is 10.5. The maximum atomic E-state index is 13.0. The van der Waals surface area contributed by atoms with E-state index in [0.29, 0.717) is 23.6 Å². The van der Waals surface area contributed by atoms with E-state index >= 15 is 0 Å². The number of nitrogens with zero attached hydrogens (tertiary/aromatic N) is 1. The average molecular weight is 447 g/mol. The number of nitrogens with one attached hydrogen (secondary N) is 1. The Hall–Kier alpha value is -2.67. The van der Waals surface area contributed by atoms with Crippen molar-refractivity contribution < 1.29 is 23.9 Å². The lowest BCUT2D eigenvalue weighted by atomic mass is 9.85. The third kappa shape index (κ3) is 5.15. The van der Waals surface area contributed by atoms with Crippen LogP contribution in [0.15, 0.2) is 36.4 Å². The molecule has 7 nitrogen and oxygen atoms in total. The number of hydrogen-bond donors (Lipinski definition) is 1. The molecule has 1 aromatic rings. The largest absolute Gasteiger partial charge is 0.451 e. The molecule has 4 unspecified atom stereocenters. The van der Waals surface area contributed by atoms with Gasteiger partial charge in [-0.2, -0.15) is 0 Å². The maximum absolute atomic E-state index is 13.0. The molecule has 0 spiro atoms. The summed E-state index contributed by atoms with van der Waals surface area (Å²) in [5.74, 6) is -2.75. The Morgan fingerprint density at radius 3 is 2.13 bits per heavy atom. The Balaban J connectivity index is 1.71. The molecule has 1 saturated heterocycles. The summed E-state index contributed by atoms with van der Waals surface area (Å²) < 4.78 is 5.39. The molecule has 1 aromatic carbocycles. The highest BCUT2D eigenvalue weighted by molar-refractivity contribution is 6.30. The van der Waals surface area contributed by atoms with Gasteiger partial charge in [0.2, 0.25) is 11.8 Å². The normalized spacial score (nSPS) is 22.3. The highest BCUT2D eigenvalue weighted by Crippen LogP contribution is 2.37. The van der Waals surface area contributed by atoms with Gasteiger partial charge in [-0.25, -0.2) is 4.79 Å². The highest BCUT2D eigenvalue weighted by atomic mass is 35.5. The number of carbonyl (C=O) groups is 4. The number of fused-ring (bicyclic) bond motifs is 1. The zero-order valence-electron chi connectivity index (χ0n) is 17.8. The zero-order chi connectivity index (χ0) is 22.7. The van der Waals surface area contributed by atoms with E-state index < -0.39 is 35.9 Å². The third-order valence-electron chi connectivity index (χ3n) is 5.59. The molecular formula is C23H27ClN2O5. The standard InChI is InChI=1S/C23H27ClN2O5/c1-13(2)12-19(26-21(28)17-6-4-5-7-18(17)22(26)29)23(30)31-14(3)20(27)25-16-10-8-15(24)9-11-16/h4-5,8-11,13-14,17-19H,6-7,12H2,1-3H3,(H,25,27). The van der Waals surface area contributed by atoms with Gasteiger partial charge in [0.15, 0.2) is 6.10 Å². The van der Waals surface area contributed by atoms with Crippen molar-refractivity contribution in [3.63, 3.8) is 0 Å². The molecular weight excluding hydrogens is 420 g/mol. The van der Waals surface area contributed by atoms with Crippen LogP contribution in [0.3, 0.4) is 0 Å². The summed E-state index contributed by atoms with van der Waals surface area (Å²) in [7, 11) is 0. The van der Waals surface area contributed by atoms with Gasteiger partial charge in [-0.1, -0.05) is 37.6 Å². The Morgan fingerprint density at radius 2 is 1.61 bits per heavy atom. The van der Waals surface area contributed by atoms with E-state index in [0.717, 1.165) is 4.90 Å². The molecule has 0 radical (unpaired) electrons. The maximum Gasteiger partial charge on any atom is 0.330 e. The molecule has 1 N–H and O–H groups in total. The molecule has 166 valence electrons. The molecule has 0 saturated carbocycles. The summed E-state index contributed by atoms with van der Waals surface area (Å²) in [6.07, 6.45) is 3.96. The second-order valence-electron chi connectivity index (χ2n) is 8.42.